The third kappa shape index (κ3) is 3.63. The van der Waals surface area contributed by atoms with Crippen LogP contribution in [0.1, 0.15) is 20.8 Å². The molecule has 4 N–H and O–H groups in total. The highest BCUT2D eigenvalue weighted by Crippen LogP contribution is 2.22. The van der Waals surface area contributed by atoms with Crippen molar-refractivity contribution in [3.05, 3.63) is 0 Å². The van der Waals surface area contributed by atoms with Gasteiger partial charge in [0.05, 0.1) is 12.7 Å². The van der Waals surface area contributed by atoms with E-state index in [1.807, 2.05) is 0 Å². The van der Waals surface area contributed by atoms with Crippen molar-refractivity contribution in [2.75, 3.05) is 6.61 Å². The number of aliphatic hydroxyl groups is 3. The maximum atomic E-state index is 11.1. The molecule has 18 heavy (non-hydrogen) atoms. The van der Waals surface area contributed by atoms with Crippen molar-refractivity contribution in [2.45, 2.75) is 57.5 Å². The van der Waals surface area contributed by atoms with Crippen molar-refractivity contribution in [1.82, 2.24) is 5.32 Å². The van der Waals surface area contributed by atoms with Crippen molar-refractivity contribution in [2.24, 2.45) is 0 Å². The Labute approximate surface area is 106 Å². The second-order valence-electron chi connectivity index (χ2n) is 4.62. The number of aliphatic hydroxyl groups excluding tert-OH is 3. The van der Waals surface area contributed by atoms with Gasteiger partial charge in [-0.3, -0.25) is 4.79 Å². The molecule has 0 aliphatic carbocycles. The first-order valence-electron chi connectivity index (χ1n) is 5.91. The summed E-state index contributed by atoms with van der Waals surface area (Å²) in [5.74, 6) is -0.366. The largest absolute Gasteiger partial charge is 0.394 e. The van der Waals surface area contributed by atoms with Crippen molar-refractivity contribution in [3.8, 4) is 0 Å². The van der Waals surface area contributed by atoms with Gasteiger partial charge in [0, 0.05) is 6.92 Å². The lowest BCUT2D eigenvalue weighted by Gasteiger charge is -2.42. The molecule has 5 atom stereocenters. The number of rotatable bonds is 4. The SMILES string of the molecule is CC(=O)N[C@H]1[C@@H](OC(C)C)O[C@H](CO)[C@H](O)[C@H]1O. The van der Waals surface area contributed by atoms with Gasteiger partial charge in [-0.1, -0.05) is 0 Å². The minimum Gasteiger partial charge on any atom is -0.394 e. The summed E-state index contributed by atoms with van der Waals surface area (Å²) in [5.41, 5.74) is 0. The van der Waals surface area contributed by atoms with Crippen LogP contribution in [-0.4, -0.2) is 64.6 Å². The average molecular weight is 263 g/mol. The summed E-state index contributed by atoms with van der Waals surface area (Å²) < 4.78 is 10.8. The van der Waals surface area contributed by atoms with Crippen LogP contribution in [0.2, 0.25) is 0 Å². The van der Waals surface area contributed by atoms with E-state index in [1.165, 1.54) is 6.92 Å². The van der Waals surface area contributed by atoms with Gasteiger partial charge in [-0.15, -0.1) is 0 Å². The molecule has 1 fully saturated rings. The molecular weight excluding hydrogens is 242 g/mol. The summed E-state index contributed by atoms with van der Waals surface area (Å²) in [5, 5.41) is 31.2. The van der Waals surface area contributed by atoms with Crippen LogP contribution in [0.5, 0.6) is 0 Å². The Morgan fingerprint density at radius 3 is 2.44 bits per heavy atom. The Morgan fingerprint density at radius 1 is 1.39 bits per heavy atom. The van der Waals surface area contributed by atoms with Gasteiger partial charge in [-0.25, -0.2) is 0 Å². The highest BCUT2D eigenvalue weighted by atomic mass is 16.7. The molecule has 0 bridgehead atoms. The van der Waals surface area contributed by atoms with E-state index < -0.39 is 37.3 Å². The standard InChI is InChI=1S/C11H21NO6/c1-5(2)17-11-8(12-6(3)14)10(16)9(15)7(4-13)18-11/h5,7-11,13,15-16H,4H2,1-3H3,(H,12,14)/t7-,8-,9+,10+,11+/m1/s1. The van der Waals surface area contributed by atoms with E-state index in [9.17, 15) is 15.0 Å². The molecule has 0 radical (unpaired) electrons. The highest BCUT2D eigenvalue weighted by Gasteiger charge is 2.45. The first kappa shape index (κ1) is 15.3. The molecule has 106 valence electrons. The zero-order valence-corrected chi connectivity index (χ0v) is 10.7. The van der Waals surface area contributed by atoms with Crippen molar-refractivity contribution >= 4 is 5.91 Å². The summed E-state index contributed by atoms with van der Waals surface area (Å²) in [6.07, 6.45) is -4.58. The zero-order chi connectivity index (χ0) is 13.9. The molecule has 0 spiro atoms. The Hall–Kier alpha value is -0.730. The first-order chi connectivity index (χ1) is 8.36. The van der Waals surface area contributed by atoms with E-state index in [0.29, 0.717) is 0 Å². The molecule has 1 rings (SSSR count). The van der Waals surface area contributed by atoms with E-state index in [2.05, 4.69) is 5.32 Å². The fourth-order valence-electron chi connectivity index (χ4n) is 1.85. The second-order valence-corrected chi connectivity index (χ2v) is 4.62. The van der Waals surface area contributed by atoms with Crippen molar-refractivity contribution in [1.29, 1.82) is 0 Å². The molecule has 1 heterocycles. The lowest BCUT2D eigenvalue weighted by Crippen LogP contribution is -2.64. The third-order valence-corrected chi connectivity index (χ3v) is 2.66. The van der Waals surface area contributed by atoms with Crippen LogP contribution in [-0.2, 0) is 14.3 Å². The molecule has 1 saturated heterocycles. The minimum atomic E-state index is -1.28. The van der Waals surface area contributed by atoms with Gasteiger partial charge in [-0.2, -0.15) is 0 Å². The summed E-state index contributed by atoms with van der Waals surface area (Å²) in [6, 6.07) is -0.873. The Kier molecular flexibility index (Phi) is 5.48. The molecule has 0 aromatic rings. The molecule has 0 saturated carbocycles. The number of ether oxygens (including phenoxy) is 2. The van der Waals surface area contributed by atoms with E-state index in [-0.39, 0.29) is 12.0 Å². The molecule has 0 unspecified atom stereocenters. The van der Waals surface area contributed by atoms with Crippen LogP contribution < -0.4 is 5.32 Å². The quantitative estimate of drug-likeness (QED) is 0.484. The van der Waals surface area contributed by atoms with E-state index in [0.717, 1.165) is 0 Å². The second kappa shape index (κ2) is 6.44. The summed E-state index contributed by atoms with van der Waals surface area (Å²) >= 11 is 0. The highest BCUT2D eigenvalue weighted by molar-refractivity contribution is 5.73. The average Bonchev–Trinajstić information content (AvgIpc) is 2.27. The van der Waals surface area contributed by atoms with Gasteiger partial charge >= 0.3 is 0 Å². The van der Waals surface area contributed by atoms with Crippen LogP contribution in [0.4, 0.5) is 0 Å². The van der Waals surface area contributed by atoms with Gasteiger partial charge in [0.1, 0.15) is 24.4 Å². The third-order valence-electron chi connectivity index (χ3n) is 2.66. The number of carbonyl (C=O) groups excluding carboxylic acids is 1. The van der Waals surface area contributed by atoms with Crippen LogP contribution in [0.3, 0.4) is 0 Å². The number of nitrogens with one attached hydrogen (secondary N) is 1. The van der Waals surface area contributed by atoms with E-state index in [4.69, 9.17) is 14.6 Å². The summed E-state index contributed by atoms with van der Waals surface area (Å²) in [6.45, 7) is 4.41. The van der Waals surface area contributed by atoms with Gasteiger partial charge in [-0.05, 0) is 13.8 Å². The number of amides is 1. The Morgan fingerprint density at radius 2 is 2.00 bits per heavy atom. The van der Waals surface area contributed by atoms with Crippen molar-refractivity contribution < 1.29 is 29.6 Å². The minimum absolute atomic E-state index is 0.187. The zero-order valence-electron chi connectivity index (χ0n) is 10.7. The smallest absolute Gasteiger partial charge is 0.217 e. The number of hydrogen-bond donors (Lipinski definition) is 4. The molecule has 0 aromatic carbocycles. The predicted molar refractivity (Wildman–Crippen MR) is 61.6 cm³/mol. The summed E-state index contributed by atoms with van der Waals surface area (Å²) in [4.78, 5) is 11.1. The van der Waals surface area contributed by atoms with Gasteiger partial charge in [0.15, 0.2) is 6.29 Å². The summed E-state index contributed by atoms with van der Waals surface area (Å²) in [7, 11) is 0. The first-order valence-corrected chi connectivity index (χ1v) is 5.91. The van der Waals surface area contributed by atoms with Crippen LogP contribution >= 0.6 is 0 Å². The van der Waals surface area contributed by atoms with Crippen LogP contribution in [0.25, 0.3) is 0 Å². The maximum Gasteiger partial charge on any atom is 0.217 e. The van der Waals surface area contributed by atoms with Gasteiger partial charge < -0.3 is 30.1 Å². The normalized spacial score (nSPS) is 36.7. The van der Waals surface area contributed by atoms with Crippen LogP contribution in [0.15, 0.2) is 0 Å². The predicted octanol–water partition coefficient (Wildman–Crippen LogP) is -1.64. The fourth-order valence-corrected chi connectivity index (χ4v) is 1.85. The molecule has 1 aliphatic rings. The maximum absolute atomic E-state index is 11.1. The number of hydrogen-bond acceptors (Lipinski definition) is 6. The van der Waals surface area contributed by atoms with Crippen molar-refractivity contribution in [3.63, 3.8) is 0 Å². The molecule has 1 aliphatic heterocycles. The molecule has 1 amide bonds. The number of carbonyl (C=O) groups is 1. The van der Waals surface area contributed by atoms with Gasteiger partial charge in [0.25, 0.3) is 0 Å². The molecule has 7 heteroatoms. The topological polar surface area (TPSA) is 108 Å². The van der Waals surface area contributed by atoms with Gasteiger partial charge in [0.2, 0.25) is 5.91 Å². The molecule has 7 nitrogen and oxygen atoms in total. The lowest BCUT2D eigenvalue weighted by atomic mass is 9.97. The van der Waals surface area contributed by atoms with E-state index >= 15 is 0 Å². The Bertz CT molecular complexity index is 285. The molecular formula is C11H21NO6. The monoisotopic (exact) mass is 263 g/mol. The molecule has 0 aromatic heterocycles. The lowest BCUT2D eigenvalue weighted by molar-refractivity contribution is -0.278. The Balaban J connectivity index is 2.83. The van der Waals surface area contributed by atoms with E-state index in [1.54, 1.807) is 13.8 Å². The fraction of sp³-hybridized carbons (Fsp3) is 0.909. The van der Waals surface area contributed by atoms with Crippen LogP contribution in [0, 0.1) is 0 Å².